The minimum atomic E-state index is -4.42. The quantitative estimate of drug-likeness (QED) is 0.167. The Morgan fingerprint density at radius 2 is 1.78 bits per heavy atom. The van der Waals surface area contributed by atoms with Gasteiger partial charge in [-0.15, -0.1) is 11.8 Å². The summed E-state index contributed by atoms with van der Waals surface area (Å²) < 4.78 is 11.4. The zero-order chi connectivity index (χ0) is 21.2. The van der Waals surface area contributed by atoms with Crippen molar-refractivity contribution in [3.8, 4) is 0 Å². The number of amides is 2. The Bertz CT molecular complexity index is 598. The predicted molar refractivity (Wildman–Crippen MR) is 96.0 cm³/mol. The van der Waals surface area contributed by atoms with E-state index >= 15 is 0 Å². The van der Waals surface area contributed by atoms with Gasteiger partial charge in [-0.05, 0) is 12.8 Å². The molecule has 8 N–H and O–H groups in total. The summed E-state index contributed by atoms with van der Waals surface area (Å²) in [4.78, 5) is 62.6. The number of carboxylic acid groups (broad SMARTS) is 2. The lowest BCUT2D eigenvalue weighted by Gasteiger charge is -2.21. The first kappa shape index (κ1) is 25.3. The van der Waals surface area contributed by atoms with E-state index in [0.29, 0.717) is 0 Å². The summed E-state index contributed by atoms with van der Waals surface area (Å²) in [6.07, 6.45) is -0.367. The van der Waals surface area contributed by atoms with Crippen LogP contribution in [0, 0.1) is 0 Å². The van der Waals surface area contributed by atoms with Crippen molar-refractivity contribution in [2.45, 2.75) is 43.3 Å². The summed E-state index contributed by atoms with van der Waals surface area (Å²) in [5.41, 5.74) is 5.29. The minimum absolute atomic E-state index is 0.111. The second-order valence-electron chi connectivity index (χ2n) is 5.50. The molecule has 0 bridgehead atoms. The Morgan fingerprint density at radius 1 is 1.19 bits per heavy atom. The molecule has 0 heterocycles. The third-order valence-corrected chi connectivity index (χ3v) is 6.88. The zero-order valence-corrected chi connectivity index (χ0v) is 16.2. The van der Waals surface area contributed by atoms with Crippen LogP contribution in [0.4, 0.5) is 0 Å². The molecule has 0 rings (SSSR count). The van der Waals surface area contributed by atoms with Crippen molar-refractivity contribution in [2.24, 2.45) is 5.73 Å². The SMILES string of the molecule is CC[C@H](SCC(NC(=O)CCC(N)C(=O)O)C(=O)NCC(=O)O)P(=O)(O)O. The maximum Gasteiger partial charge on any atom is 0.338 e. The Balaban J connectivity index is 4.94. The Labute approximate surface area is 159 Å². The average molecular weight is 429 g/mol. The van der Waals surface area contributed by atoms with Crippen molar-refractivity contribution in [2.75, 3.05) is 12.3 Å². The van der Waals surface area contributed by atoms with Crippen LogP contribution in [0.5, 0.6) is 0 Å². The van der Waals surface area contributed by atoms with Crippen LogP contribution in [0.25, 0.3) is 0 Å². The highest BCUT2D eigenvalue weighted by Gasteiger charge is 2.30. The Hall–Kier alpha value is -1.66. The van der Waals surface area contributed by atoms with Crippen molar-refractivity contribution in [3.05, 3.63) is 0 Å². The molecule has 14 heteroatoms. The number of nitrogens with one attached hydrogen (secondary N) is 2. The van der Waals surface area contributed by atoms with E-state index in [1.807, 2.05) is 0 Å². The van der Waals surface area contributed by atoms with Gasteiger partial charge in [-0.2, -0.15) is 0 Å². The molecule has 0 saturated heterocycles. The molecule has 0 fully saturated rings. The smallest absolute Gasteiger partial charge is 0.338 e. The van der Waals surface area contributed by atoms with E-state index in [0.717, 1.165) is 11.8 Å². The average Bonchev–Trinajstić information content (AvgIpc) is 2.55. The van der Waals surface area contributed by atoms with Gasteiger partial charge in [-0.3, -0.25) is 23.7 Å². The van der Waals surface area contributed by atoms with Gasteiger partial charge in [0.1, 0.15) is 23.6 Å². The van der Waals surface area contributed by atoms with Gasteiger partial charge in [-0.1, -0.05) is 6.92 Å². The fourth-order valence-corrected chi connectivity index (χ4v) is 4.20. The predicted octanol–water partition coefficient (Wildman–Crippen LogP) is -1.49. The maximum atomic E-state index is 12.1. The van der Waals surface area contributed by atoms with E-state index in [2.05, 4.69) is 10.6 Å². The molecule has 0 aromatic heterocycles. The molecule has 2 unspecified atom stereocenters. The van der Waals surface area contributed by atoms with E-state index in [-0.39, 0.29) is 25.0 Å². The summed E-state index contributed by atoms with van der Waals surface area (Å²) in [7, 11) is -4.42. The molecule has 0 radical (unpaired) electrons. The molecule has 0 aliphatic rings. The standard InChI is InChI=1S/C13H24N3O9PS/c1-2-11(26(23,24)25)27-6-8(12(20)15-5-10(18)19)16-9(17)4-3-7(14)13(21)22/h7-8,11H,2-6,14H2,1H3,(H,15,20)(H,16,17)(H,18,19)(H,21,22)(H2,23,24,25)/t7?,8?,11-/m0/s1. The number of nitrogens with two attached hydrogens (primary N) is 1. The third kappa shape index (κ3) is 10.9. The Kier molecular flexibility index (Phi) is 11.2. The second kappa shape index (κ2) is 11.9. The highest BCUT2D eigenvalue weighted by atomic mass is 32.2. The summed E-state index contributed by atoms with van der Waals surface area (Å²) in [5, 5.41) is 21.7. The highest BCUT2D eigenvalue weighted by Crippen LogP contribution is 2.48. The van der Waals surface area contributed by atoms with Crippen molar-refractivity contribution in [3.63, 3.8) is 0 Å². The minimum Gasteiger partial charge on any atom is -0.480 e. The lowest BCUT2D eigenvalue weighted by molar-refractivity contribution is -0.139. The number of hydrogen-bond donors (Lipinski definition) is 7. The highest BCUT2D eigenvalue weighted by molar-refractivity contribution is 8.05. The van der Waals surface area contributed by atoms with E-state index in [9.17, 15) is 33.5 Å². The largest absolute Gasteiger partial charge is 0.480 e. The first-order valence-electron chi connectivity index (χ1n) is 7.82. The van der Waals surface area contributed by atoms with Gasteiger partial charge in [0.05, 0.1) is 0 Å². The fourth-order valence-electron chi connectivity index (χ4n) is 1.81. The van der Waals surface area contributed by atoms with E-state index in [4.69, 9.17) is 15.9 Å². The molecule has 27 heavy (non-hydrogen) atoms. The van der Waals surface area contributed by atoms with Crippen molar-refractivity contribution in [1.82, 2.24) is 10.6 Å². The lowest BCUT2D eigenvalue weighted by atomic mass is 10.1. The van der Waals surface area contributed by atoms with Crippen LogP contribution in [0.2, 0.25) is 0 Å². The van der Waals surface area contributed by atoms with E-state index < -0.39 is 55.0 Å². The molecular formula is C13H24N3O9PS. The first-order valence-corrected chi connectivity index (χ1v) is 10.6. The van der Waals surface area contributed by atoms with Gasteiger partial charge in [0.2, 0.25) is 11.8 Å². The maximum absolute atomic E-state index is 12.1. The van der Waals surface area contributed by atoms with Gasteiger partial charge in [-0.25, -0.2) is 0 Å². The summed E-state index contributed by atoms with van der Waals surface area (Å²) in [5.74, 6) is -4.36. The van der Waals surface area contributed by atoms with Crippen molar-refractivity contribution < 1.29 is 43.7 Å². The van der Waals surface area contributed by atoms with Crippen molar-refractivity contribution in [1.29, 1.82) is 0 Å². The van der Waals surface area contributed by atoms with Gasteiger partial charge in [0.25, 0.3) is 0 Å². The van der Waals surface area contributed by atoms with Crippen LogP contribution in [0.15, 0.2) is 0 Å². The van der Waals surface area contributed by atoms with Gasteiger partial charge >= 0.3 is 19.5 Å². The topological polar surface area (TPSA) is 216 Å². The number of carbonyl (C=O) groups is 4. The number of rotatable bonds is 13. The fraction of sp³-hybridized carbons (Fsp3) is 0.692. The third-order valence-electron chi connectivity index (χ3n) is 3.24. The number of hydrogen-bond acceptors (Lipinski definition) is 7. The van der Waals surface area contributed by atoms with Gasteiger partial charge in [0, 0.05) is 12.2 Å². The second-order valence-corrected chi connectivity index (χ2v) is 8.89. The summed E-state index contributed by atoms with van der Waals surface area (Å²) in [6.45, 7) is 0.845. The first-order chi connectivity index (χ1) is 12.4. The molecular weight excluding hydrogens is 405 g/mol. The Morgan fingerprint density at radius 3 is 2.22 bits per heavy atom. The number of aliphatic carboxylic acids is 2. The number of carboxylic acids is 2. The molecule has 156 valence electrons. The van der Waals surface area contributed by atoms with Crippen LogP contribution < -0.4 is 16.4 Å². The molecule has 0 aliphatic heterocycles. The van der Waals surface area contributed by atoms with Crippen LogP contribution in [-0.4, -0.2) is 73.1 Å². The van der Waals surface area contributed by atoms with Crippen LogP contribution in [0.1, 0.15) is 26.2 Å². The van der Waals surface area contributed by atoms with E-state index in [1.54, 1.807) is 6.92 Å². The van der Waals surface area contributed by atoms with Crippen LogP contribution in [0.3, 0.4) is 0 Å². The van der Waals surface area contributed by atoms with Gasteiger partial charge < -0.3 is 36.4 Å². The molecule has 0 aromatic rings. The molecule has 0 aromatic carbocycles. The number of thioether (sulfide) groups is 1. The molecule has 2 amide bonds. The monoisotopic (exact) mass is 429 g/mol. The number of carbonyl (C=O) groups excluding carboxylic acids is 2. The van der Waals surface area contributed by atoms with Crippen molar-refractivity contribution >= 4 is 43.1 Å². The zero-order valence-electron chi connectivity index (χ0n) is 14.5. The summed E-state index contributed by atoms with van der Waals surface area (Å²) in [6, 6.07) is -2.52. The van der Waals surface area contributed by atoms with Gasteiger partial charge in [0.15, 0.2) is 0 Å². The molecule has 0 spiro atoms. The molecule has 0 saturated carbocycles. The lowest BCUT2D eigenvalue weighted by Crippen LogP contribution is -2.49. The molecule has 3 atom stereocenters. The molecule has 12 nitrogen and oxygen atoms in total. The molecule has 0 aliphatic carbocycles. The summed E-state index contributed by atoms with van der Waals surface area (Å²) >= 11 is 0.766. The van der Waals surface area contributed by atoms with Crippen LogP contribution >= 0.6 is 19.4 Å². The van der Waals surface area contributed by atoms with E-state index in [1.165, 1.54) is 0 Å². The van der Waals surface area contributed by atoms with Crippen LogP contribution in [-0.2, 0) is 23.7 Å². The normalized spacial score (nSPS) is 14.7.